The summed E-state index contributed by atoms with van der Waals surface area (Å²) in [5.74, 6) is -2.23. The van der Waals surface area contributed by atoms with Crippen LogP contribution < -0.4 is 5.32 Å². The van der Waals surface area contributed by atoms with Crippen LogP contribution in [0.25, 0.3) is 0 Å². The number of anilines is 1. The molecular weight excluding hydrogens is 371 g/mol. The van der Waals surface area contributed by atoms with Crippen LogP contribution in [0.5, 0.6) is 0 Å². The molecule has 27 heavy (non-hydrogen) atoms. The topological polar surface area (TPSA) is 86.7 Å². The summed E-state index contributed by atoms with van der Waals surface area (Å²) in [4.78, 5) is 37.8. The molecule has 0 saturated heterocycles. The highest BCUT2D eigenvalue weighted by atomic mass is 32.1. The van der Waals surface area contributed by atoms with Gasteiger partial charge in [0.1, 0.15) is 5.82 Å². The quantitative estimate of drug-likeness (QED) is 0.751. The zero-order valence-corrected chi connectivity index (χ0v) is 16.1. The van der Waals surface area contributed by atoms with Gasteiger partial charge in [0.25, 0.3) is 11.8 Å². The molecule has 0 fully saturated rings. The van der Waals surface area contributed by atoms with Crippen molar-refractivity contribution in [2.24, 2.45) is 0 Å². The van der Waals surface area contributed by atoms with E-state index in [0.29, 0.717) is 15.4 Å². The van der Waals surface area contributed by atoms with E-state index in [4.69, 9.17) is 5.11 Å². The van der Waals surface area contributed by atoms with Crippen LogP contribution >= 0.6 is 11.3 Å². The number of carbonyl (C=O) groups excluding carboxylic acids is 2. The Morgan fingerprint density at radius 2 is 1.96 bits per heavy atom. The first-order valence-corrected chi connectivity index (χ1v) is 9.20. The first-order chi connectivity index (χ1) is 12.7. The van der Waals surface area contributed by atoms with Crippen molar-refractivity contribution >= 4 is 34.1 Å². The first-order valence-electron chi connectivity index (χ1n) is 8.39. The lowest BCUT2D eigenvalue weighted by atomic mass is 10.2. The summed E-state index contributed by atoms with van der Waals surface area (Å²) in [7, 11) is 0. The molecule has 8 heteroatoms. The predicted molar refractivity (Wildman–Crippen MR) is 102 cm³/mol. The SMILES string of the molecule is Cc1cc(NC(=O)c2cccc(F)c2)sc1C(=O)N(CCC(=O)O)C(C)C. The van der Waals surface area contributed by atoms with Crippen molar-refractivity contribution in [3.8, 4) is 0 Å². The minimum atomic E-state index is -0.973. The third-order valence-corrected chi connectivity index (χ3v) is 5.03. The Kier molecular flexibility index (Phi) is 6.68. The first kappa shape index (κ1) is 20.6. The van der Waals surface area contributed by atoms with Gasteiger partial charge in [-0.3, -0.25) is 14.4 Å². The van der Waals surface area contributed by atoms with E-state index in [1.165, 1.54) is 23.1 Å². The lowest BCUT2D eigenvalue weighted by Gasteiger charge is -2.25. The van der Waals surface area contributed by atoms with E-state index < -0.39 is 17.7 Å². The molecule has 1 heterocycles. The van der Waals surface area contributed by atoms with Crippen LogP contribution in [0.3, 0.4) is 0 Å². The standard InChI is InChI=1S/C19H21FN2O4S/c1-11(2)22(8-7-16(23)24)19(26)17-12(3)9-15(27-17)21-18(25)13-5-4-6-14(20)10-13/h4-6,9-11H,7-8H2,1-3H3,(H,21,25)(H,23,24). The van der Waals surface area contributed by atoms with E-state index in [0.717, 1.165) is 17.4 Å². The minimum Gasteiger partial charge on any atom is -0.481 e. The van der Waals surface area contributed by atoms with Gasteiger partial charge >= 0.3 is 5.97 Å². The number of halogens is 1. The van der Waals surface area contributed by atoms with Crippen molar-refractivity contribution in [1.29, 1.82) is 0 Å². The van der Waals surface area contributed by atoms with Crippen LogP contribution in [0.4, 0.5) is 9.39 Å². The summed E-state index contributed by atoms with van der Waals surface area (Å²) in [5, 5.41) is 12.0. The summed E-state index contributed by atoms with van der Waals surface area (Å²) in [5.41, 5.74) is 0.861. The summed E-state index contributed by atoms with van der Waals surface area (Å²) < 4.78 is 13.3. The Morgan fingerprint density at radius 3 is 2.56 bits per heavy atom. The number of carboxylic acid groups (broad SMARTS) is 1. The number of hydrogen-bond acceptors (Lipinski definition) is 4. The Balaban J connectivity index is 2.17. The van der Waals surface area contributed by atoms with Gasteiger partial charge in [0.2, 0.25) is 0 Å². The second-order valence-electron chi connectivity index (χ2n) is 6.32. The van der Waals surface area contributed by atoms with Crippen LogP contribution in [-0.2, 0) is 4.79 Å². The maximum Gasteiger partial charge on any atom is 0.305 e. The number of aryl methyl sites for hydroxylation is 1. The van der Waals surface area contributed by atoms with E-state index in [9.17, 15) is 18.8 Å². The summed E-state index contributed by atoms with van der Waals surface area (Å²) >= 11 is 1.11. The Hall–Kier alpha value is -2.74. The molecule has 0 radical (unpaired) electrons. The average Bonchev–Trinajstić information content (AvgIpc) is 2.94. The Morgan fingerprint density at radius 1 is 1.26 bits per heavy atom. The van der Waals surface area contributed by atoms with Gasteiger partial charge in [-0.25, -0.2) is 4.39 Å². The zero-order chi connectivity index (χ0) is 20.1. The molecule has 2 rings (SSSR count). The van der Waals surface area contributed by atoms with Gasteiger partial charge < -0.3 is 15.3 Å². The lowest BCUT2D eigenvalue weighted by Crippen LogP contribution is -2.38. The Bertz CT molecular complexity index is 863. The molecule has 2 N–H and O–H groups in total. The number of nitrogens with zero attached hydrogens (tertiary/aromatic N) is 1. The molecule has 1 aromatic carbocycles. The van der Waals surface area contributed by atoms with Gasteiger partial charge in [-0.05, 0) is 50.6 Å². The van der Waals surface area contributed by atoms with Crippen molar-refractivity contribution in [2.75, 3.05) is 11.9 Å². The molecule has 6 nitrogen and oxygen atoms in total. The number of rotatable bonds is 7. The van der Waals surface area contributed by atoms with Gasteiger partial charge in [0.05, 0.1) is 16.3 Å². The number of thiophene rings is 1. The number of amides is 2. The number of hydrogen-bond donors (Lipinski definition) is 2. The summed E-state index contributed by atoms with van der Waals surface area (Å²) in [6, 6.07) is 6.84. The van der Waals surface area contributed by atoms with Crippen LogP contribution in [0, 0.1) is 12.7 Å². The molecule has 0 aliphatic heterocycles. The van der Waals surface area contributed by atoms with E-state index in [2.05, 4.69) is 5.32 Å². The van der Waals surface area contributed by atoms with E-state index >= 15 is 0 Å². The second-order valence-corrected chi connectivity index (χ2v) is 7.38. The van der Waals surface area contributed by atoms with Crippen LogP contribution in [0.2, 0.25) is 0 Å². The molecule has 144 valence electrons. The van der Waals surface area contributed by atoms with Gasteiger partial charge in [0, 0.05) is 18.2 Å². The normalized spacial score (nSPS) is 10.7. The van der Waals surface area contributed by atoms with Gasteiger partial charge in [0.15, 0.2) is 0 Å². The summed E-state index contributed by atoms with van der Waals surface area (Å²) in [6.45, 7) is 5.48. The third kappa shape index (κ3) is 5.37. The van der Waals surface area contributed by atoms with Gasteiger partial charge in [-0.15, -0.1) is 11.3 Å². The molecule has 0 spiro atoms. The predicted octanol–water partition coefficient (Wildman–Crippen LogP) is 3.77. The van der Waals surface area contributed by atoms with Gasteiger partial charge in [-0.2, -0.15) is 0 Å². The lowest BCUT2D eigenvalue weighted by molar-refractivity contribution is -0.137. The zero-order valence-electron chi connectivity index (χ0n) is 15.3. The summed E-state index contributed by atoms with van der Waals surface area (Å²) in [6.07, 6.45) is -0.141. The van der Waals surface area contributed by atoms with Crippen molar-refractivity contribution in [3.05, 3.63) is 52.2 Å². The molecule has 2 amide bonds. The van der Waals surface area contributed by atoms with Crippen molar-refractivity contribution in [1.82, 2.24) is 4.90 Å². The highest BCUT2D eigenvalue weighted by molar-refractivity contribution is 7.18. The molecule has 0 bridgehead atoms. The minimum absolute atomic E-state index is 0.105. The number of benzene rings is 1. The average molecular weight is 392 g/mol. The van der Waals surface area contributed by atoms with Crippen LogP contribution in [0.1, 0.15) is 45.9 Å². The van der Waals surface area contributed by atoms with Crippen molar-refractivity contribution in [2.45, 2.75) is 33.2 Å². The van der Waals surface area contributed by atoms with Gasteiger partial charge in [-0.1, -0.05) is 6.07 Å². The number of aliphatic carboxylic acids is 1. The fourth-order valence-electron chi connectivity index (χ4n) is 2.51. The number of carbonyl (C=O) groups is 3. The molecule has 0 aliphatic carbocycles. The highest BCUT2D eigenvalue weighted by Gasteiger charge is 2.23. The smallest absolute Gasteiger partial charge is 0.305 e. The number of nitrogens with one attached hydrogen (secondary N) is 1. The molecule has 2 aromatic rings. The second kappa shape index (κ2) is 8.77. The van der Waals surface area contributed by atoms with Crippen molar-refractivity contribution in [3.63, 3.8) is 0 Å². The van der Waals surface area contributed by atoms with Crippen LogP contribution in [0.15, 0.2) is 30.3 Å². The maximum absolute atomic E-state index is 13.3. The fourth-order valence-corrected chi connectivity index (χ4v) is 3.53. The van der Waals surface area contributed by atoms with Crippen LogP contribution in [-0.4, -0.2) is 40.4 Å². The highest BCUT2D eigenvalue weighted by Crippen LogP contribution is 2.29. The van der Waals surface area contributed by atoms with E-state index in [1.807, 2.05) is 13.8 Å². The maximum atomic E-state index is 13.3. The largest absolute Gasteiger partial charge is 0.481 e. The fraction of sp³-hybridized carbons (Fsp3) is 0.316. The molecule has 0 unspecified atom stereocenters. The Labute approximate surface area is 160 Å². The van der Waals surface area contributed by atoms with E-state index in [1.54, 1.807) is 13.0 Å². The third-order valence-electron chi connectivity index (χ3n) is 3.89. The monoisotopic (exact) mass is 392 g/mol. The van der Waals surface area contributed by atoms with Crippen molar-refractivity contribution < 1.29 is 23.9 Å². The molecule has 1 aromatic heterocycles. The molecule has 0 saturated carbocycles. The molecular formula is C19H21FN2O4S. The molecule has 0 aliphatic rings. The number of carboxylic acids is 1. The van der Waals surface area contributed by atoms with E-state index in [-0.39, 0.29) is 30.5 Å². The molecule has 0 atom stereocenters.